The molecule has 2 N–H and O–H groups in total. The summed E-state index contributed by atoms with van der Waals surface area (Å²) in [5.41, 5.74) is 4.87. The van der Waals surface area contributed by atoms with Crippen LogP contribution in [-0.2, 0) is 20.7 Å². The van der Waals surface area contributed by atoms with Gasteiger partial charge in [-0.1, -0.05) is 30.3 Å². The number of cyclic esters (lactones) is 1. The molecule has 2 saturated heterocycles. The first-order chi connectivity index (χ1) is 16.4. The van der Waals surface area contributed by atoms with Gasteiger partial charge < -0.3 is 15.0 Å². The minimum absolute atomic E-state index is 0.0368. The molecular formula is C24H28FN5O4. The number of carbonyl (C=O) groups excluding carboxylic acids is 3. The zero-order valence-corrected chi connectivity index (χ0v) is 19.0. The third kappa shape index (κ3) is 5.63. The molecule has 2 aromatic rings. The third-order valence-electron chi connectivity index (χ3n) is 5.81. The Morgan fingerprint density at radius 3 is 2.68 bits per heavy atom. The molecule has 0 spiro atoms. The first-order valence-electron chi connectivity index (χ1n) is 11.3. The van der Waals surface area contributed by atoms with Crippen LogP contribution in [0.25, 0.3) is 0 Å². The van der Waals surface area contributed by atoms with Gasteiger partial charge in [-0.2, -0.15) is 0 Å². The molecule has 0 radical (unpaired) electrons. The maximum Gasteiger partial charge on any atom is 0.414 e. The molecule has 0 aliphatic carbocycles. The summed E-state index contributed by atoms with van der Waals surface area (Å²) >= 11 is 0. The SMILES string of the molecule is CC(=O)NC[C@H]1CN(c2ccc(N3CCNN(C(=O)Cc4ccccc4)CC3)c(F)c2)C(=O)O1. The Balaban J connectivity index is 1.37. The number of nitrogens with one attached hydrogen (secondary N) is 2. The van der Waals surface area contributed by atoms with Gasteiger partial charge in [-0.3, -0.25) is 19.5 Å². The van der Waals surface area contributed by atoms with Gasteiger partial charge in [0, 0.05) is 26.6 Å². The van der Waals surface area contributed by atoms with Gasteiger partial charge in [-0.25, -0.2) is 14.6 Å². The number of nitrogens with zero attached hydrogens (tertiary/aromatic N) is 3. The Bertz CT molecular complexity index is 1050. The number of hydrazine groups is 1. The topological polar surface area (TPSA) is 94.2 Å². The van der Waals surface area contributed by atoms with Crippen LogP contribution in [0.5, 0.6) is 0 Å². The zero-order chi connectivity index (χ0) is 24.1. The average molecular weight is 470 g/mol. The van der Waals surface area contributed by atoms with E-state index in [2.05, 4.69) is 10.7 Å². The predicted molar refractivity (Wildman–Crippen MR) is 125 cm³/mol. The Morgan fingerprint density at radius 1 is 1.15 bits per heavy atom. The number of benzene rings is 2. The van der Waals surface area contributed by atoms with Crippen molar-refractivity contribution in [3.63, 3.8) is 0 Å². The summed E-state index contributed by atoms with van der Waals surface area (Å²) in [4.78, 5) is 39.2. The number of halogens is 1. The second-order valence-electron chi connectivity index (χ2n) is 8.29. The van der Waals surface area contributed by atoms with Crippen molar-refractivity contribution >= 4 is 29.3 Å². The number of hydrogen-bond donors (Lipinski definition) is 2. The van der Waals surface area contributed by atoms with Crippen LogP contribution in [-0.4, -0.2) is 68.3 Å². The van der Waals surface area contributed by atoms with E-state index in [-0.39, 0.29) is 24.9 Å². The van der Waals surface area contributed by atoms with Crippen molar-refractivity contribution in [2.45, 2.75) is 19.4 Å². The van der Waals surface area contributed by atoms with Crippen LogP contribution >= 0.6 is 0 Å². The smallest absolute Gasteiger partial charge is 0.414 e. The van der Waals surface area contributed by atoms with E-state index in [1.807, 2.05) is 35.2 Å². The highest BCUT2D eigenvalue weighted by molar-refractivity contribution is 5.90. The fraction of sp³-hybridized carbons (Fsp3) is 0.375. The molecule has 2 aromatic carbocycles. The molecule has 0 aromatic heterocycles. The summed E-state index contributed by atoms with van der Waals surface area (Å²) in [7, 11) is 0. The molecule has 0 unspecified atom stereocenters. The Labute approximate surface area is 197 Å². The minimum atomic E-state index is -0.575. The van der Waals surface area contributed by atoms with Gasteiger partial charge in [0.1, 0.15) is 11.9 Å². The van der Waals surface area contributed by atoms with Gasteiger partial charge in [0.05, 0.1) is 37.4 Å². The Hall–Kier alpha value is -3.66. The second kappa shape index (κ2) is 10.5. The van der Waals surface area contributed by atoms with Crippen LogP contribution in [0.15, 0.2) is 48.5 Å². The summed E-state index contributed by atoms with van der Waals surface area (Å²) in [5.74, 6) is -0.706. The zero-order valence-electron chi connectivity index (χ0n) is 19.0. The van der Waals surface area contributed by atoms with Gasteiger partial charge >= 0.3 is 6.09 Å². The lowest BCUT2D eigenvalue weighted by atomic mass is 10.1. The average Bonchev–Trinajstić information content (AvgIpc) is 3.02. The monoisotopic (exact) mass is 469 g/mol. The van der Waals surface area contributed by atoms with E-state index in [4.69, 9.17) is 4.74 Å². The Kier molecular flexibility index (Phi) is 7.27. The van der Waals surface area contributed by atoms with Crippen LogP contribution in [0.2, 0.25) is 0 Å². The molecule has 2 aliphatic heterocycles. The lowest BCUT2D eigenvalue weighted by Gasteiger charge is -2.24. The highest BCUT2D eigenvalue weighted by atomic mass is 19.1. The normalized spacial score (nSPS) is 18.5. The van der Waals surface area contributed by atoms with Crippen LogP contribution in [0, 0.1) is 5.82 Å². The van der Waals surface area contributed by atoms with Gasteiger partial charge in [0.15, 0.2) is 0 Å². The van der Waals surface area contributed by atoms with Crippen molar-refractivity contribution in [3.05, 3.63) is 59.9 Å². The van der Waals surface area contributed by atoms with Crippen LogP contribution in [0.4, 0.5) is 20.6 Å². The van der Waals surface area contributed by atoms with Crippen molar-refractivity contribution < 1.29 is 23.5 Å². The summed E-state index contributed by atoms with van der Waals surface area (Å²) < 4.78 is 20.3. The van der Waals surface area contributed by atoms with Crippen molar-refractivity contribution in [1.82, 2.24) is 15.8 Å². The highest BCUT2D eigenvalue weighted by Crippen LogP contribution is 2.28. The quantitative estimate of drug-likeness (QED) is 0.669. The Morgan fingerprint density at radius 2 is 1.94 bits per heavy atom. The molecule has 2 fully saturated rings. The number of ether oxygens (including phenoxy) is 1. The van der Waals surface area contributed by atoms with E-state index < -0.39 is 18.0 Å². The lowest BCUT2D eigenvalue weighted by molar-refractivity contribution is -0.133. The van der Waals surface area contributed by atoms with Crippen LogP contribution in [0.1, 0.15) is 12.5 Å². The molecule has 34 heavy (non-hydrogen) atoms. The van der Waals surface area contributed by atoms with Crippen molar-refractivity contribution in [2.24, 2.45) is 0 Å². The number of amides is 3. The number of hydrogen-bond acceptors (Lipinski definition) is 6. The predicted octanol–water partition coefficient (Wildman–Crippen LogP) is 1.68. The molecule has 2 heterocycles. The molecule has 9 nitrogen and oxygen atoms in total. The van der Waals surface area contributed by atoms with E-state index in [0.717, 1.165) is 5.56 Å². The molecule has 1 atom stereocenters. The first kappa shape index (κ1) is 23.5. The maximum absolute atomic E-state index is 15.1. The van der Waals surface area contributed by atoms with Crippen molar-refractivity contribution in [1.29, 1.82) is 0 Å². The molecule has 0 bridgehead atoms. The van der Waals surface area contributed by atoms with E-state index in [9.17, 15) is 14.4 Å². The molecule has 3 amide bonds. The minimum Gasteiger partial charge on any atom is -0.442 e. The first-order valence-corrected chi connectivity index (χ1v) is 11.3. The summed E-state index contributed by atoms with van der Waals surface area (Å²) in [6.45, 7) is 3.72. The van der Waals surface area contributed by atoms with Gasteiger partial charge in [0.25, 0.3) is 0 Å². The van der Waals surface area contributed by atoms with Gasteiger partial charge in [-0.05, 0) is 23.8 Å². The van der Waals surface area contributed by atoms with E-state index in [1.165, 1.54) is 17.9 Å². The standard InChI is InChI=1S/C24H28FN5O4/c1-17(31)26-15-20-16-29(24(33)34-20)19-7-8-22(21(25)14-19)28-10-9-27-30(12-11-28)23(32)13-18-5-3-2-4-6-18/h2-8,14,20,27H,9-13,15-16H2,1H3,(H,26,31)/t20-/m0/s1. The molecular weight excluding hydrogens is 441 g/mol. The van der Waals surface area contributed by atoms with Gasteiger partial charge in [-0.15, -0.1) is 0 Å². The van der Waals surface area contributed by atoms with Crippen molar-refractivity contribution in [3.8, 4) is 0 Å². The fourth-order valence-corrected chi connectivity index (χ4v) is 4.07. The largest absolute Gasteiger partial charge is 0.442 e. The summed E-state index contributed by atoms with van der Waals surface area (Å²) in [5, 5.41) is 4.21. The summed E-state index contributed by atoms with van der Waals surface area (Å²) in [6, 6.07) is 14.2. The fourth-order valence-electron chi connectivity index (χ4n) is 4.07. The van der Waals surface area contributed by atoms with E-state index in [0.29, 0.717) is 44.0 Å². The van der Waals surface area contributed by atoms with E-state index in [1.54, 1.807) is 17.1 Å². The second-order valence-corrected chi connectivity index (χ2v) is 8.29. The van der Waals surface area contributed by atoms with E-state index >= 15 is 4.39 Å². The number of rotatable bonds is 6. The van der Waals surface area contributed by atoms with Crippen molar-refractivity contribution in [2.75, 3.05) is 49.1 Å². The molecule has 0 saturated carbocycles. The maximum atomic E-state index is 15.1. The lowest BCUT2D eigenvalue weighted by Crippen LogP contribution is -2.44. The molecule has 2 aliphatic rings. The third-order valence-corrected chi connectivity index (χ3v) is 5.81. The number of anilines is 2. The summed E-state index contributed by atoms with van der Waals surface area (Å²) in [6.07, 6.45) is -0.768. The highest BCUT2D eigenvalue weighted by Gasteiger charge is 2.33. The molecule has 180 valence electrons. The molecule has 10 heteroatoms. The molecule has 4 rings (SSSR count). The number of carbonyl (C=O) groups is 3. The van der Waals surface area contributed by atoms with Gasteiger partial charge in [0.2, 0.25) is 11.8 Å². The van der Waals surface area contributed by atoms with Crippen LogP contribution < -0.4 is 20.5 Å². The van der Waals surface area contributed by atoms with Crippen LogP contribution in [0.3, 0.4) is 0 Å².